The van der Waals surface area contributed by atoms with Crippen LogP contribution in [0.3, 0.4) is 0 Å². The molecule has 1 aliphatic heterocycles. The minimum Gasteiger partial charge on any atom is -0.493 e. The van der Waals surface area contributed by atoms with E-state index in [-0.39, 0.29) is 10.8 Å². The Balaban J connectivity index is 2.02. The van der Waals surface area contributed by atoms with Crippen molar-refractivity contribution in [1.29, 1.82) is 0 Å². The zero-order chi connectivity index (χ0) is 15.0. The van der Waals surface area contributed by atoms with Crippen LogP contribution >= 0.6 is 11.3 Å². The van der Waals surface area contributed by atoms with Gasteiger partial charge < -0.3 is 9.84 Å². The summed E-state index contributed by atoms with van der Waals surface area (Å²) in [5, 5.41) is 9.59. The topological polar surface area (TPSA) is 91.8 Å². The molecule has 0 amide bonds. The van der Waals surface area contributed by atoms with Crippen molar-refractivity contribution in [2.24, 2.45) is 4.99 Å². The third-order valence-corrected chi connectivity index (χ3v) is 3.83. The number of H-pyrrole nitrogens is 1. The minimum atomic E-state index is -0.424. The van der Waals surface area contributed by atoms with Crippen molar-refractivity contribution in [2.45, 2.75) is 0 Å². The van der Waals surface area contributed by atoms with Crippen molar-refractivity contribution in [3.63, 3.8) is 0 Å². The first-order valence-electron chi connectivity index (χ1n) is 5.99. The molecule has 0 unspecified atom stereocenters. The smallest absolute Gasteiger partial charge is 0.337 e. The van der Waals surface area contributed by atoms with Crippen LogP contribution in [0.15, 0.2) is 28.0 Å². The number of thiazole rings is 1. The average Bonchev–Trinajstić information content (AvgIpc) is 3.01. The molecule has 21 heavy (non-hydrogen) atoms. The molecule has 0 saturated carbocycles. The van der Waals surface area contributed by atoms with E-state index in [0.29, 0.717) is 16.1 Å². The molecule has 1 aromatic carbocycles. The van der Waals surface area contributed by atoms with E-state index in [0.717, 1.165) is 22.5 Å². The molecule has 6 nitrogen and oxygen atoms in total. The van der Waals surface area contributed by atoms with E-state index < -0.39 is 5.97 Å². The summed E-state index contributed by atoms with van der Waals surface area (Å²) in [6.07, 6.45) is 3.29. The Morgan fingerprint density at radius 2 is 2.29 bits per heavy atom. The molecule has 1 aromatic heterocycles. The van der Waals surface area contributed by atoms with Gasteiger partial charge >= 0.3 is 10.8 Å². The highest BCUT2D eigenvalue weighted by Crippen LogP contribution is 2.34. The van der Waals surface area contributed by atoms with E-state index in [1.807, 2.05) is 0 Å². The molecule has 0 fully saturated rings. The van der Waals surface area contributed by atoms with Gasteiger partial charge in [0.2, 0.25) is 5.88 Å². The van der Waals surface area contributed by atoms with Crippen molar-refractivity contribution in [3.8, 4) is 5.88 Å². The number of aromatic amines is 1. The standard InChI is InChI=1S/C14H10N2O4S/c1-20-13(18)7-2-3-9-8(6-15-10(9)4-7)5-11-12(17)16-14(19)21-11/h2-6,17H,1H3,(H,16,19). The van der Waals surface area contributed by atoms with Gasteiger partial charge in [-0.2, -0.15) is 0 Å². The van der Waals surface area contributed by atoms with E-state index in [2.05, 4.69) is 14.7 Å². The number of hydrogen-bond acceptors (Lipinski definition) is 6. The van der Waals surface area contributed by atoms with Crippen LogP contribution in [-0.2, 0) is 4.74 Å². The van der Waals surface area contributed by atoms with Crippen LogP contribution in [0.4, 0.5) is 5.69 Å². The minimum absolute atomic E-state index is 0.162. The predicted molar refractivity (Wildman–Crippen MR) is 80.4 cm³/mol. The highest BCUT2D eigenvalue weighted by atomic mass is 32.1. The van der Waals surface area contributed by atoms with Gasteiger partial charge in [0.1, 0.15) is 0 Å². The van der Waals surface area contributed by atoms with Gasteiger partial charge in [0.25, 0.3) is 0 Å². The van der Waals surface area contributed by atoms with Crippen molar-refractivity contribution in [2.75, 3.05) is 7.11 Å². The molecule has 0 saturated heterocycles. The maximum absolute atomic E-state index is 11.5. The van der Waals surface area contributed by atoms with Crippen LogP contribution in [0.5, 0.6) is 5.88 Å². The van der Waals surface area contributed by atoms with Crippen molar-refractivity contribution >= 4 is 40.9 Å². The van der Waals surface area contributed by atoms with Gasteiger partial charge in [-0.25, -0.2) is 4.79 Å². The Bertz CT molecular complexity index is 845. The summed E-state index contributed by atoms with van der Waals surface area (Å²) in [6.45, 7) is 0. The van der Waals surface area contributed by atoms with Crippen LogP contribution in [0, 0.1) is 0 Å². The molecule has 1 aliphatic rings. The number of nitrogens with zero attached hydrogens (tertiary/aromatic N) is 1. The quantitative estimate of drug-likeness (QED) is 0.832. The first-order chi connectivity index (χ1) is 10.1. The van der Waals surface area contributed by atoms with E-state index in [1.165, 1.54) is 7.11 Å². The summed E-state index contributed by atoms with van der Waals surface area (Å²) >= 11 is 0.914. The van der Waals surface area contributed by atoms with Crippen LogP contribution < -0.4 is 4.87 Å². The fourth-order valence-electron chi connectivity index (χ4n) is 2.02. The second-order valence-electron chi connectivity index (χ2n) is 4.31. The number of benzene rings is 1. The fraction of sp³-hybridized carbons (Fsp3) is 0.0714. The van der Waals surface area contributed by atoms with Crippen LogP contribution in [-0.4, -0.2) is 29.4 Å². The number of rotatable bonds is 2. The highest BCUT2D eigenvalue weighted by molar-refractivity contribution is 7.10. The molecular weight excluding hydrogens is 292 g/mol. The average molecular weight is 302 g/mol. The molecular formula is C14H10N2O4S. The predicted octanol–water partition coefficient (Wildman–Crippen LogP) is 2.19. The summed E-state index contributed by atoms with van der Waals surface area (Å²) in [6, 6.07) is 5.04. The number of aliphatic imine (C=N–C) groups is 1. The molecule has 0 bridgehead atoms. The molecule has 106 valence electrons. The molecule has 2 heterocycles. The highest BCUT2D eigenvalue weighted by Gasteiger charge is 2.16. The number of aromatic hydroxyl groups is 1. The molecule has 0 atom stereocenters. The summed E-state index contributed by atoms with van der Waals surface area (Å²) in [7, 11) is 1.32. The molecule has 0 aliphatic carbocycles. The summed E-state index contributed by atoms with van der Waals surface area (Å²) in [4.78, 5) is 29.3. The third kappa shape index (κ3) is 2.38. The number of allylic oxidation sites excluding steroid dienone is 1. The van der Waals surface area contributed by atoms with Crippen LogP contribution in [0.2, 0.25) is 0 Å². The van der Waals surface area contributed by atoms with E-state index in [4.69, 9.17) is 0 Å². The SMILES string of the molecule is COC(=O)c1ccc2c(c1)N=CC2=Cc1sc(=O)[nH]c1O. The second kappa shape index (κ2) is 5.02. The van der Waals surface area contributed by atoms with Crippen molar-refractivity contribution in [3.05, 3.63) is 43.9 Å². The Morgan fingerprint density at radius 1 is 1.48 bits per heavy atom. The number of hydrogen-bond donors (Lipinski definition) is 2. The first kappa shape index (κ1) is 13.3. The van der Waals surface area contributed by atoms with Crippen LogP contribution in [0.1, 0.15) is 20.8 Å². The fourth-order valence-corrected chi connectivity index (χ4v) is 2.70. The molecule has 0 spiro atoms. The number of esters is 1. The van der Waals surface area contributed by atoms with Gasteiger partial charge in [0.05, 0.1) is 23.2 Å². The lowest BCUT2D eigenvalue weighted by atomic mass is 10.0. The molecule has 3 rings (SSSR count). The Labute approximate surface area is 123 Å². The van der Waals surface area contributed by atoms with E-state index in [9.17, 15) is 14.7 Å². The van der Waals surface area contributed by atoms with Crippen molar-refractivity contribution < 1.29 is 14.6 Å². The van der Waals surface area contributed by atoms with Gasteiger partial charge in [0, 0.05) is 17.4 Å². The van der Waals surface area contributed by atoms with Crippen molar-refractivity contribution in [1.82, 2.24) is 4.98 Å². The Kier molecular flexibility index (Phi) is 3.19. The third-order valence-electron chi connectivity index (χ3n) is 3.02. The Hall–Kier alpha value is -2.67. The number of methoxy groups -OCH3 is 1. The van der Waals surface area contributed by atoms with Gasteiger partial charge in [-0.3, -0.25) is 14.8 Å². The van der Waals surface area contributed by atoms with Crippen LogP contribution in [0.25, 0.3) is 11.6 Å². The number of carbonyl (C=O) groups excluding carboxylic acids is 1. The number of nitrogens with one attached hydrogen (secondary N) is 1. The number of aromatic nitrogens is 1. The summed E-state index contributed by atoms with van der Waals surface area (Å²) in [5.74, 6) is -0.586. The maximum Gasteiger partial charge on any atom is 0.337 e. The monoisotopic (exact) mass is 302 g/mol. The van der Waals surface area contributed by atoms with E-state index >= 15 is 0 Å². The number of carbonyl (C=O) groups is 1. The zero-order valence-electron chi connectivity index (χ0n) is 10.9. The lowest BCUT2D eigenvalue weighted by Crippen LogP contribution is -2.00. The first-order valence-corrected chi connectivity index (χ1v) is 6.80. The maximum atomic E-state index is 11.5. The van der Waals surface area contributed by atoms with Gasteiger partial charge in [0.15, 0.2) is 0 Å². The molecule has 0 radical (unpaired) electrons. The molecule has 2 N–H and O–H groups in total. The van der Waals surface area contributed by atoms with Gasteiger partial charge in [-0.1, -0.05) is 17.4 Å². The normalized spacial score (nSPS) is 14.4. The molecule has 2 aromatic rings. The second-order valence-corrected chi connectivity index (χ2v) is 5.32. The van der Waals surface area contributed by atoms with E-state index in [1.54, 1.807) is 30.5 Å². The number of fused-ring (bicyclic) bond motifs is 1. The lowest BCUT2D eigenvalue weighted by molar-refractivity contribution is 0.0601. The number of ether oxygens (including phenoxy) is 1. The zero-order valence-corrected chi connectivity index (χ0v) is 11.7. The largest absolute Gasteiger partial charge is 0.493 e. The summed E-state index contributed by atoms with van der Waals surface area (Å²) < 4.78 is 4.66. The molecule has 7 heteroatoms. The lowest BCUT2D eigenvalue weighted by Gasteiger charge is -2.02. The Morgan fingerprint density at radius 3 is 2.95 bits per heavy atom. The van der Waals surface area contributed by atoms with Gasteiger partial charge in [-0.05, 0) is 18.2 Å². The summed E-state index contributed by atoms with van der Waals surface area (Å²) in [5.41, 5.74) is 2.64. The van der Waals surface area contributed by atoms with Gasteiger partial charge in [-0.15, -0.1) is 0 Å².